The van der Waals surface area contributed by atoms with E-state index in [9.17, 15) is 9.59 Å². The molecule has 1 saturated heterocycles. The van der Waals surface area contributed by atoms with E-state index >= 15 is 0 Å². The van der Waals surface area contributed by atoms with Crippen molar-refractivity contribution in [2.45, 2.75) is 18.4 Å². The zero-order valence-corrected chi connectivity index (χ0v) is 13.0. The van der Waals surface area contributed by atoms with Crippen LogP contribution in [0, 0.1) is 0 Å². The number of carbonyl (C=O) groups excluding carboxylic acids is 2. The van der Waals surface area contributed by atoms with E-state index in [1.807, 2.05) is 30.1 Å². The van der Waals surface area contributed by atoms with Gasteiger partial charge in [0.05, 0.1) is 6.26 Å². The maximum atomic E-state index is 13.0. The van der Waals surface area contributed by atoms with Crippen LogP contribution in [0.3, 0.4) is 0 Å². The van der Waals surface area contributed by atoms with Crippen LogP contribution in [0.2, 0.25) is 0 Å². The lowest BCUT2D eigenvalue weighted by atomic mass is 9.85. The molecule has 1 aromatic carbocycles. The quantitative estimate of drug-likeness (QED) is 0.641. The molecule has 1 aromatic heterocycles. The number of likely N-dealkylation sites (tertiary alicyclic amines) is 1. The van der Waals surface area contributed by atoms with Crippen LogP contribution in [-0.4, -0.2) is 42.4 Å². The molecule has 0 aliphatic carbocycles. The minimum Gasteiger partial charge on any atom is -0.457 e. The Morgan fingerprint density at radius 1 is 1.17 bits per heavy atom. The van der Waals surface area contributed by atoms with Crippen molar-refractivity contribution < 1.29 is 18.7 Å². The van der Waals surface area contributed by atoms with Crippen LogP contribution >= 0.6 is 0 Å². The summed E-state index contributed by atoms with van der Waals surface area (Å²) in [6.07, 6.45) is 2.72. The first-order valence-electron chi connectivity index (χ1n) is 7.66. The van der Waals surface area contributed by atoms with E-state index in [1.54, 1.807) is 18.2 Å². The van der Waals surface area contributed by atoms with Crippen molar-refractivity contribution in [1.29, 1.82) is 0 Å². The largest absolute Gasteiger partial charge is 0.457 e. The molecule has 0 unspecified atom stereocenters. The summed E-state index contributed by atoms with van der Waals surface area (Å²) in [6, 6.07) is 12.1. The van der Waals surface area contributed by atoms with E-state index in [1.165, 1.54) is 12.3 Å². The number of benzene rings is 1. The van der Waals surface area contributed by atoms with Gasteiger partial charge in [-0.05, 0) is 38.6 Å². The van der Waals surface area contributed by atoms with Gasteiger partial charge in [-0.15, -0.1) is 0 Å². The maximum absolute atomic E-state index is 13.0. The fourth-order valence-corrected chi connectivity index (χ4v) is 3.02. The molecule has 0 spiro atoms. The molecule has 1 aliphatic heterocycles. The molecule has 120 valence electrons. The molecule has 0 amide bonds. The second kappa shape index (κ2) is 6.38. The normalized spacial score (nSPS) is 21.8. The number of likely N-dealkylation sites (N-methyl/N-ethyl adjacent to an activating group) is 1. The number of hydrogen-bond acceptors (Lipinski definition) is 5. The van der Waals surface area contributed by atoms with Crippen LogP contribution in [0.1, 0.15) is 33.8 Å². The van der Waals surface area contributed by atoms with Crippen molar-refractivity contribution in [2.75, 3.05) is 20.1 Å². The number of Topliss-reactive ketones (excluding diaryl/α,β-unsaturated/α-hetero) is 1. The molecular weight excluding hydrogens is 294 g/mol. The first kappa shape index (κ1) is 15.5. The Hall–Kier alpha value is -2.40. The van der Waals surface area contributed by atoms with Crippen LogP contribution in [-0.2, 0) is 4.74 Å². The third kappa shape index (κ3) is 3.19. The fraction of sp³-hybridized carbons (Fsp3) is 0.333. The highest BCUT2D eigenvalue weighted by Crippen LogP contribution is 2.30. The zero-order valence-electron chi connectivity index (χ0n) is 13.0. The smallest absolute Gasteiger partial charge is 0.375 e. The predicted molar refractivity (Wildman–Crippen MR) is 84.4 cm³/mol. The molecule has 3 rings (SSSR count). The number of ketones is 1. The minimum atomic E-state index is -1.17. The molecule has 1 fully saturated rings. The van der Waals surface area contributed by atoms with Crippen molar-refractivity contribution in [3.8, 4) is 0 Å². The Bertz CT molecular complexity index is 680. The molecule has 0 radical (unpaired) electrons. The van der Waals surface area contributed by atoms with Gasteiger partial charge < -0.3 is 14.1 Å². The Labute approximate surface area is 134 Å². The summed E-state index contributed by atoms with van der Waals surface area (Å²) in [7, 11) is 1.92. The number of piperidine rings is 1. The number of esters is 1. The van der Waals surface area contributed by atoms with Crippen LogP contribution in [0.4, 0.5) is 0 Å². The number of nitrogens with zero attached hydrogens (tertiary/aromatic N) is 1. The number of ether oxygens (including phenoxy) is 1. The third-order valence-corrected chi connectivity index (χ3v) is 4.11. The molecule has 2 heterocycles. The van der Waals surface area contributed by atoms with Crippen molar-refractivity contribution in [3.05, 3.63) is 60.1 Å². The summed E-state index contributed by atoms with van der Waals surface area (Å²) >= 11 is 0. The second-order valence-electron chi connectivity index (χ2n) is 5.90. The van der Waals surface area contributed by atoms with E-state index in [4.69, 9.17) is 9.15 Å². The van der Waals surface area contributed by atoms with E-state index < -0.39 is 11.6 Å². The van der Waals surface area contributed by atoms with Gasteiger partial charge in [0.1, 0.15) is 0 Å². The van der Waals surface area contributed by atoms with Crippen LogP contribution < -0.4 is 0 Å². The highest BCUT2D eigenvalue weighted by Gasteiger charge is 2.45. The monoisotopic (exact) mass is 313 g/mol. The minimum absolute atomic E-state index is 0.110. The number of hydrogen-bond donors (Lipinski definition) is 0. The SMILES string of the molecule is CN1CCC[C@](OC(=O)c2ccco2)(C(=O)c2ccccc2)C1. The summed E-state index contributed by atoms with van der Waals surface area (Å²) in [4.78, 5) is 27.4. The topological polar surface area (TPSA) is 59.8 Å². The lowest BCUT2D eigenvalue weighted by Gasteiger charge is -2.39. The van der Waals surface area contributed by atoms with Crippen LogP contribution in [0.15, 0.2) is 53.1 Å². The molecule has 0 bridgehead atoms. The van der Waals surface area contributed by atoms with E-state index in [0.717, 1.165) is 13.0 Å². The second-order valence-corrected chi connectivity index (χ2v) is 5.90. The van der Waals surface area contributed by atoms with Gasteiger partial charge in [-0.1, -0.05) is 30.3 Å². The van der Waals surface area contributed by atoms with Crippen molar-refractivity contribution >= 4 is 11.8 Å². The standard InChI is InChI=1S/C18H19NO4/c1-19-11-6-10-18(13-19,16(20)14-7-3-2-4-8-14)23-17(21)15-9-5-12-22-15/h2-5,7-9,12H,6,10-11,13H2,1H3/t18-/m1/s1. The summed E-state index contributed by atoms with van der Waals surface area (Å²) in [5.74, 6) is -0.655. The van der Waals surface area contributed by atoms with Crippen LogP contribution in [0.5, 0.6) is 0 Å². The van der Waals surface area contributed by atoms with E-state index in [-0.39, 0.29) is 11.5 Å². The highest BCUT2D eigenvalue weighted by molar-refractivity contribution is 6.04. The molecule has 0 saturated carbocycles. The average molecular weight is 313 g/mol. The number of carbonyl (C=O) groups is 2. The Balaban J connectivity index is 1.91. The summed E-state index contributed by atoms with van der Waals surface area (Å²) in [5, 5.41) is 0. The van der Waals surface area contributed by atoms with Gasteiger partial charge in [-0.2, -0.15) is 0 Å². The maximum Gasteiger partial charge on any atom is 0.375 e. The van der Waals surface area contributed by atoms with E-state index in [0.29, 0.717) is 18.5 Å². The zero-order chi connectivity index (χ0) is 16.3. The molecule has 2 aromatic rings. The lowest BCUT2D eigenvalue weighted by Crippen LogP contribution is -2.54. The van der Waals surface area contributed by atoms with Gasteiger partial charge in [-0.3, -0.25) is 4.79 Å². The van der Waals surface area contributed by atoms with E-state index in [2.05, 4.69) is 0 Å². The van der Waals surface area contributed by atoms with Gasteiger partial charge in [0.25, 0.3) is 0 Å². The van der Waals surface area contributed by atoms with Gasteiger partial charge in [-0.25, -0.2) is 4.79 Å². The Morgan fingerprint density at radius 2 is 1.96 bits per heavy atom. The van der Waals surface area contributed by atoms with Gasteiger partial charge in [0, 0.05) is 12.1 Å². The summed E-state index contributed by atoms with van der Waals surface area (Å²) in [6.45, 7) is 1.26. The molecule has 5 heteroatoms. The van der Waals surface area contributed by atoms with Gasteiger partial charge in [0.2, 0.25) is 11.5 Å². The third-order valence-electron chi connectivity index (χ3n) is 4.11. The first-order valence-corrected chi connectivity index (χ1v) is 7.66. The van der Waals surface area contributed by atoms with Crippen LogP contribution in [0.25, 0.3) is 0 Å². The number of furan rings is 1. The van der Waals surface area contributed by atoms with Gasteiger partial charge >= 0.3 is 5.97 Å². The van der Waals surface area contributed by atoms with Crippen molar-refractivity contribution in [1.82, 2.24) is 4.90 Å². The highest BCUT2D eigenvalue weighted by atomic mass is 16.6. The molecule has 1 atom stereocenters. The number of rotatable bonds is 4. The molecule has 0 N–H and O–H groups in total. The first-order chi connectivity index (χ1) is 11.1. The summed E-state index contributed by atoms with van der Waals surface area (Å²) in [5.41, 5.74) is -0.617. The summed E-state index contributed by atoms with van der Waals surface area (Å²) < 4.78 is 10.8. The molecular formula is C18H19NO4. The molecule has 1 aliphatic rings. The Morgan fingerprint density at radius 3 is 2.61 bits per heavy atom. The lowest BCUT2D eigenvalue weighted by molar-refractivity contribution is -0.0384. The van der Waals surface area contributed by atoms with Crippen molar-refractivity contribution in [3.63, 3.8) is 0 Å². The molecule has 5 nitrogen and oxygen atoms in total. The fourth-order valence-electron chi connectivity index (χ4n) is 3.02. The predicted octanol–water partition coefficient (Wildman–Crippen LogP) is 2.78. The average Bonchev–Trinajstić information content (AvgIpc) is 3.09. The van der Waals surface area contributed by atoms with Gasteiger partial charge in [0.15, 0.2) is 5.60 Å². The Kier molecular flexibility index (Phi) is 4.30. The molecule has 23 heavy (non-hydrogen) atoms. The van der Waals surface area contributed by atoms with Crippen molar-refractivity contribution in [2.24, 2.45) is 0 Å².